The average molecular weight is 289 g/mol. The quantitative estimate of drug-likeness (QED) is 0.815. The van der Waals surface area contributed by atoms with E-state index in [1.54, 1.807) is 19.3 Å². The molecule has 2 N–H and O–H groups in total. The smallest absolute Gasteiger partial charge is 0.269 e. The number of rotatable bonds is 3. The summed E-state index contributed by atoms with van der Waals surface area (Å²) in [5.41, 5.74) is 1.57. The van der Waals surface area contributed by atoms with Crippen LogP contribution in [0.1, 0.15) is 16.9 Å². The molecular weight excluding hydrogens is 266 g/mol. The Morgan fingerprint density at radius 3 is 2.71 bits per heavy atom. The van der Waals surface area contributed by atoms with Crippen LogP contribution in [0.3, 0.4) is 0 Å². The van der Waals surface area contributed by atoms with E-state index < -0.39 is 0 Å². The lowest BCUT2D eigenvalue weighted by Crippen LogP contribution is -2.51. The Balaban J connectivity index is 1.57. The van der Waals surface area contributed by atoms with Crippen LogP contribution in [-0.4, -0.2) is 68.1 Å². The zero-order valence-corrected chi connectivity index (χ0v) is 12.5. The maximum atomic E-state index is 11.5. The molecule has 0 aliphatic carbocycles. The van der Waals surface area contributed by atoms with E-state index in [4.69, 9.17) is 0 Å². The molecule has 2 aliphatic rings. The molecule has 1 aromatic heterocycles. The summed E-state index contributed by atoms with van der Waals surface area (Å²) >= 11 is 0. The number of carbonyl (C=O) groups is 1. The number of anilines is 1. The van der Waals surface area contributed by atoms with Crippen LogP contribution in [0.25, 0.3) is 0 Å². The summed E-state index contributed by atoms with van der Waals surface area (Å²) in [6.07, 6.45) is 3.07. The number of nitrogens with one attached hydrogen (secondary N) is 2. The fraction of sp³-hybridized carbons (Fsp3) is 0.600. The number of carbonyl (C=O) groups excluding carboxylic acids is 1. The van der Waals surface area contributed by atoms with Gasteiger partial charge in [-0.15, -0.1) is 0 Å². The van der Waals surface area contributed by atoms with Crippen LogP contribution in [0.5, 0.6) is 0 Å². The molecule has 6 nitrogen and oxygen atoms in total. The average Bonchev–Trinajstić information content (AvgIpc) is 3.09. The van der Waals surface area contributed by atoms with Crippen molar-refractivity contribution in [2.24, 2.45) is 0 Å². The van der Waals surface area contributed by atoms with Gasteiger partial charge in [0.25, 0.3) is 5.91 Å². The van der Waals surface area contributed by atoms with Gasteiger partial charge in [0.15, 0.2) is 0 Å². The number of amides is 1. The molecule has 0 bridgehead atoms. The third kappa shape index (κ3) is 3.16. The molecule has 1 atom stereocenters. The molecule has 1 amide bonds. The standard InChI is InChI=1S/C15H23N5O/c1-16-15(21)14-3-2-12(11-18-14)19-6-8-20(9-7-19)13-4-5-17-10-13/h2-3,11,13,17H,4-10H2,1H3,(H,16,21). The number of pyridine rings is 1. The maximum Gasteiger partial charge on any atom is 0.269 e. The van der Waals surface area contributed by atoms with E-state index >= 15 is 0 Å². The van der Waals surface area contributed by atoms with Gasteiger partial charge in [-0.1, -0.05) is 0 Å². The summed E-state index contributed by atoms with van der Waals surface area (Å²) in [4.78, 5) is 20.7. The van der Waals surface area contributed by atoms with Crippen LogP contribution in [0, 0.1) is 0 Å². The third-order valence-corrected chi connectivity index (χ3v) is 4.44. The van der Waals surface area contributed by atoms with Crippen molar-refractivity contribution < 1.29 is 4.79 Å². The number of hydrogen-bond donors (Lipinski definition) is 2. The molecule has 1 unspecified atom stereocenters. The van der Waals surface area contributed by atoms with Crippen LogP contribution >= 0.6 is 0 Å². The van der Waals surface area contributed by atoms with E-state index in [0.717, 1.165) is 45.0 Å². The van der Waals surface area contributed by atoms with Crippen LogP contribution in [0.15, 0.2) is 18.3 Å². The van der Waals surface area contributed by atoms with Crippen LogP contribution in [-0.2, 0) is 0 Å². The zero-order valence-electron chi connectivity index (χ0n) is 12.5. The van der Waals surface area contributed by atoms with Gasteiger partial charge in [-0.25, -0.2) is 4.98 Å². The summed E-state index contributed by atoms with van der Waals surface area (Å²) in [5.74, 6) is -0.139. The van der Waals surface area contributed by atoms with E-state index in [-0.39, 0.29) is 5.91 Å². The van der Waals surface area contributed by atoms with Gasteiger partial charge in [0, 0.05) is 45.8 Å². The predicted octanol–water partition coefficient (Wildman–Crippen LogP) is -0.0749. The molecule has 2 aliphatic heterocycles. The SMILES string of the molecule is CNC(=O)c1ccc(N2CCN(C3CCNC3)CC2)cn1. The number of nitrogens with zero attached hydrogens (tertiary/aromatic N) is 3. The largest absolute Gasteiger partial charge is 0.368 e. The Bertz CT molecular complexity index is 475. The first-order valence-electron chi connectivity index (χ1n) is 7.66. The first kappa shape index (κ1) is 14.3. The van der Waals surface area contributed by atoms with Crippen LogP contribution < -0.4 is 15.5 Å². The normalized spacial score (nSPS) is 23.3. The van der Waals surface area contributed by atoms with Gasteiger partial charge in [-0.2, -0.15) is 0 Å². The fourth-order valence-electron chi connectivity index (χ4n) is 3.13. The molecule has 3 heterocycles. The van der Waals surface area contributed by atoms with Crippen LogP contribution in [0.2, 0.25) is 0 Å². The zero-order chi connectivity index (χ0) is 14.7. The summed E-state index contributed by atoms with van der Waals surface area (Å²) in [6.45, 7) is 6.53. The van der Waals surface area contributed by atoms with Gasteiger partial charge >= 0.3 is 0 Å². The van der Waals surface area contributed by atoms with Crippen molar-refractivity contribution >= 4 is 11.6 Å². The molecule has 3 rings (SSSR count). The molecule has 2 fully saturated rings. The van der Waals surface area contributed by atoms with Crippen molar-refractivity contribution in [1.29, 1.82) is 0 Å². The fourth-order valence-corrected chi connectivity index (χ4v) is 3.13. The second kappa shape index (κ2) is 6.41. The third-order valence-electron chi connectivity index (χ3n) is 4.44. The highest BCUT2D eigenvalue weighted by molar-refractivity contribution is 5.92. The van der Waals surface area contributed by atoms with Gasteiger partial charge in [0.1, 0.15) is 5.69 Å². The van der Waals surface area contributed by atoms with Gasteiger partial charge < -0.3 is 15.5 Å². The first-order valence-corrected chi connectivity index (χ1v) is 7.66. The lowest BCUT2D eigenvalue weighted by atomic mass is 10.2. The summed E-state index contributed by atoms with van der Waals surface area (Å²) in [5, 5.41) is 6.02. The van der Waals surface area contributed by atoms with Gasteiger partial charge in [-0.3, -0.25) is 9.69 Å². The topological polar surface area (TPSA) is 60.5 Å². The minimum atomic E-state index is -0.139. The molecule has 6 heteroatoms. The minimum Gasteiger partial charge on any atom is -0.368 e. The molecule has 0 spiro atoms. The molecular formula is C15H23N5O. The highest BCUT2D eigenvalue weighted by Crippen LogP contribution is 2.18. The first-order chi connectivity index (χ1) is 10.3. The van der Waals surface area contributed by atoms with Gasteiger partial charge in [-0.05, 0) is 25.1 Å². The Morgan fingerprint density at radius 1 is 1.33 bits per heavy atom. The Hall–Kier alpha value is -1.66. The van der Waals surface area contributed by atoms with Crippen molar-refractivity contribution in [2.45, 2.75) is 12.5 Å². The second-order valence-electron chi connectivity index (χ2n) is 5.65. The molecule has 2 saturated heterocycles. The van der Waals surface area contributed by atoms with Crippen molar-refractivity contribution in [3.8, 4) is 0 Å². The number of hydrogen-bond acceptors (Lipinski definition) is 5. The van der Waals surface area contributed by atoms with E-state index in [0.29, 0.717) is 11.7 Å². The lowest BCUT2D eigenvalue weighted by Gasteiger charge is -2.38. The van der Waals surface area contributed by atoms with E-state index in [9.17, 15) is 4.79 Å². The Kier molecular flexibility index (Phi) is 4.36. The van der Waals surface area contributed by atoms with Crippen molar-refractivity contribution in [3.63, 3.8) is 0 Å². The second-order valence-corrected chi connectivity index (χ2v) is 5.65. The van der Waals surface area contributed by atoms with E-state index in [2.05, 4.69) is 25.4 Å². The molecule has 0 radical (unpaired) electrons. The highest BCUT2D eigenvalue weighted by Gasteiger charge is 2.26. The Labute approximate surface area is 125 Å². The van der Waals surface area contributed by atoms with Gasteiger partial charge in [0.2, 0.25) is 0 Å². The lowest BCUT2D eigenvalue weighted by molar-refractivity contribution is 0.0958. The van der Waals surface area contributed by atoms with E-state index in [1.165, 1.54) is 6.42 Å². The molecule has 0 aromatic carbocycles. The number of aromatic nitrogens is 1. The van der Waals surface area contributed by atoms with Crippen molar-refractivity contribution in [3.05, 3.63) is 24.0 Å². The van der Waals surface area contributed by atoms with E-state index in [1.807, 2.05) is 6.07 Å². The molecule has 21 heavy (non-hydrogen) atoms. The molecule has 1 aromatic rings. The predicted molar refractivity (Wildman–Crippen MR) is 82.7 cm³/mol. The number of piperazine rings is 1. The van der Waals surface area contributed by atoms with Crippen LogP contribution in [0.4, 0.5) is 5.69 Å². The monoisotopic (exact) mass is 289 g/mol. The maximum absolute atomic E-state index is 11.5. The summed E-state index contributed by atoms with van der Waals surface area (Å²) in [6, 6.07) is 4.49. The minimum absolute atomic E-state index is 0.139. The summed E-state index contributed by atoms with van der Waals surface area (Å²) in [7, 11) is 1.62. The van der Waals surface area contributed by atoms with Gasteiger partial charge in [0.05, 0.1) is 11.9 Å². The molecule has 0 saturated carbocycles. The van der Waals surface area contributed by atoms with Crippen molar-refractivity contribution in [2.75, 3.05) is 51.2 Å². The summed E-state index contributed by atoms with van der Waals surface area (Å²) < 4.78 is 0. The van der Waals surface area contributed by atoms with Crippen molar-refractivity contribution in [1.82, 2.24) is 20.5 Å². The molecule has 114 valence electrons. The highest BCUT2D eigenvalue weighted by atomic mass is 16.1. The Morgan fingerprint density at radius 2 is 2.14 bits per heavy atom.